The van der Waals surface area contributed by atoms with Gasteiger partial charge in [0, 0.05) is 39.3 Å². The van der Waals surface area contributed by atoms with Gasteiger partial charge in [-0.2, -0.15) is 13.2 Å². The van der Waals surface area contributed by atoms with Crippen molar-refractivity contribution in [3.05, 3.63) is 71.3 Å². The van der Waals surface area contributed by atoms with E-state index < -0.39 is 18.0 Å². The molecule has 0 atom stereocenters. The summed E-state index contributed by atoms with van der Waals surface area (Å²) in [6.45, 7) is 0.813. The molecule has 0 saturated carbocycles. The second-order valence-corrected chi connectivity index (χ2v) is 12.5. The smallest absolute Gasteiger partial charge is 0.471 e. The highest BCUT2D eigenvalue weighted by Crippen LogP contribution is 2.33. The van der Waals surface area contributed by atoms with Crippen molar-refractivity contribution < 1.29 is 60.8 Å². The molecule has 0 fully saturated rings. The van der Waals surface area contributed by atoms with Crippen molar-refractivity contribution in [3.63, 3.8) is 0 Å². The second-order valence-electron chi connectivity index (χ2n) is 12.5. The molecule has 312 valence electrons. The lowest BCUT2D eigenvalue weighted by Crippen LogP contribution is -2.39. The highest BCUT2D eigenvalue weighted by atomic mass is 19.4. The van der Waals surface area contributed by atoms with Crippen molar-refractivity contribution >= 4 is 23.6 Å². The van der Waals surface area contributed by atoms with E-state index in [-0.39, 0.29) is 68.0 Å². The number of rotatable bonds is 23. The molecule has 3 aromatic rings. The largest absolute Gasteiger partial charge is 0.493 e. The Morgan fingerprint density at radius 2 is 0.877 bits per heavy atom. The van der Waals surface area contributed by atoms with Crippen LogP contribution in [-0.4, -0.2) is 122 Å². The number of halogens is 3. The quantitative estimate of drug-likeness (QED) is 0.120. The number of benzene rings is 3. The predicted octanol–water partition coefficient (Wildman–Crippen LogP) is 5.38. The Morgan fingerprint density at radius 1 is 0.509 bits per heavy atom. The Hall–Kier alpha value is -5.87. The van der Waals surface area contributed by atoms with Gasteiger partial charge >= 0.3 is 12.1 Å². The van der Waals surface area contributed by atoms with E-state index in [1.807, 2.05) is 5.32 Å². The van der Waals surface area contributed by atoms with E-state index in [9.17, 15) is 32.3 Å². The van der Waals surface area contributed by atoms with Gasteiger partial charge in [-0.1, -0.05) is 18.2 Å². The third-order valence-electron chi connectivity index (χ3n) is 8.88. The molecular formula is C40H51F3N4O10. The fourth-order valence-corrected chi connectivity index (χ4v) is 6.07. The Bertz CT molecular complexity index is 1810. The minimum Gasteiger partial charge on any atom is -0.493 e. The van der Waals surface area contributed by atoms with Crippen molar-refractivity contribution in [2.45, 2.75) is 38.3 Å². The van der Waals surface area contributed by atoms with Gasteiger partial charge in [-0.15, -0.1) is 0 Å². The molecule has 14 nitrogen and oxygen atoms in total. The molecule has 4 amide bonds. The highest BCUT2D eigenvalue weighted by molar-refractivity contribution is 5.99. The zero-order valence-electron chi connectivity index (χ0n) is 33.1. The number of hydrogen-bond donors (Lipinski definition) is 2. The molecule has 3 rings (SSSR count). The summed E-state index contributed by atoms with van der Waals surface area (Å²) in [5.41, 5.74) is 0.801. The maximum absolute atomic E-state index is 14.0. The summed E-state index contributed by atoms with van der Waals surface area (Å²) in [5.74, 6) is -1.24. The second kappa shape index (κ2) is 22.6. The zero-order chi connectivity index (χ0) is 42.0. The first-order valence-corrected chi connectivity index (χ1v) is 18.2. The van der Waals surface area contributed by atoms with E-state index >= 15 is 0 Å². The third-order valence-corrected chi connectivity index (χ3v) is 8.88. The molecule has 0 aliphatic carbocycles. The van der Waals surface area contributed by atoms with Crippen LogP contribution in [-0.2, 0) is 4.79 Å². The maximum atomic E-state index is 14.0. The van der Waals surface area contributed by atoms with Crippen LogP contribution in [0.3, 0.4) is 0 Å². The summed E-state index contributed by atoms with van der Waals surface area (Å²) in [6.07, 6.45) is -2.98. The van der Waals surface area contributed by atoms with E-state index in [1.54, 1.807) is 59.5 Å². The first-order chi connectivity index (χ1) is 27.4. The monoisotopic (exact) mass is 804 g/mol. The number of ether oxygens (including phenoxy) is 6. The van der Waals surface area contributed by atoms with Crippen LogP contribution >= 0.6 is 0 Å². The van der Waals surface area contributed by atoms with Gasteiger partial charge < -0.3 is 48.9 Å². The molecule has 57 heavy (non-hydrogen) atoms. The van der Waals surface area contributed by atoms with Gasteiger partial charge in [0.2, 0.25) is 0 Å². The van der Waals surface area contributed by atoms with Crippen molar-refractivity contribution in [1.82, 2.24) is 20.4 Å². The van der Waals surface area contributed by atoms with E-state index in [4.69, 9.17) is 28.4 Å². The predicted molar refractivity (Wildman–Crippen MR) is 205 cm³/mol. The molecule has 0 bridgehead atoms. The van der Waals surface area contributed by atoms with Gasteiger partial charge in [0.1, 0.15) is 0 Å². The first-order valence-electron chi connectivity index (χ1n) is 18.2. The number of carbonyl (C=O) groups excluding carboxylic acids is 4. The van der Waals surface area contributed by atoms with Crippen LogP contribution in [0.1, 0.15) is 63.2 Å². The van der Waals surface area contributed by atoms with Crippen LogP contribution in [0, 0.1) is 0 Å². The Balaban J connectivity index is 1.72. The summed E-state index contributed by atoms with van der Waals surface area (Å²) >= 11 is 0. The molecule has 0 unspecified atom stereocenters. The van der Waals surface area contributed by atoms with Crippen LogP contribution in [0.5, 0.6) is 34.5 Å². The summed E-state index contributed by atoms with van der Waals surface area (Å²) in [7, 11) is 8.67. The summed E-state index contributed by atoms with van der Waals surface area (Å²) in [6, 6.07) is 14.8. The number of amides is 4. The molecule has 3 aromatic carbocycles. The van der Waals surface area contributed by atoms with Crippen LogP contribution in [0.15, 0.2) is 54.6 Å². The average molecular weight is 805 g/mol. The topological polar surface area (TPSA) is 154 Å². The van der Waals surface area contributed by atoms with Gasteiger partial charge in [-0.3, -0.25) is 19.2 Å². The minimum atomic E-state index is -5.02. The lowest BCUT2D eigenvalue weighted by atomic mass is 10.1. The number of nitrogens with zero attached hydrogens (tertiary/aromatic N) is 2. The normalized spacial score (nSPS) is 10.9. The Morgan fingerprint density at radius 3 is 1.26 bits per heavy atom. The molecular weight excluding hydrogens is 753 g/mol. The van der Waals surface area contributed by atoms with Gasteiger partial charge in [-0.25, -0.2) is 0 Å². The Labute approximate surface area is 330 Å². The number of para-hydroxylation sites is 3. The molecule has 2 N–H and O–H groups in total. The SMILES string of the molecule is COc1cccc(C(=O)NCCCN(CCCCCN(CCCNC(=O)C(F)(F)F)C(=O)c2cccc(OC)c2OC)C(=O)c2cccc(OC)c2OC)c1OC. The van der Waals surface area contributed by atoms with Crippen molar-refractivity contribution in [3.8, 4) is 34.5 Å². The van der Waals surface area contributed by atoms with Gasteiger partial charge in [-0.05, 0) is 68.5 Å². The number of carbonyl (C=O) groups is 4. The lowest BCUT2D eigenvalue weighted by Gasteiger charge is -2.26. The van der Waals surface area contributed by atoms with E-state index in [0.717, 1.165) is 0 Å². The molecule has 17 heteroatoms. The molecule has 0 radical (unpaired) electrons. The fourth-order valence-electron chi connectivity index (χ4n) is 6.07. The van der Waals surface area contributed by atoms with Crippen LogP contribution in [0.25, 0.3) is 0 Å². The molecule has 0 aliphatic heterocycles. The summed E-state index contributed by atoms with van der Waals surface area (Å²) in [5, 5.41) is 4.71. The van der Waals surface area contributed by atoms with Gasteiger partial charge in [0.05, 0.1) is 59.3 Å². The molecule has 0 spiro atoms. The molecule has 0 aliphatic rings. The van der Waals surface area contributed by atoms with Crippen molar-refractivity contribution in [2.24, 2.45) is 0 Å². The van der Waals surface area contributed by atoms with Gasteiger partial charge in [0.15, 0.2) is 34.5 Å². The Kier molecular flexibility index (Phi) is 18.1. The first kappa shape index (κ1) is 45.5. The standard InChI is InChI=1S/C40H51F3N4O10/c1-52-30-18-10-15-27(33(30)55-4)36(48)44-21-13-25-46(37(49)28-16-11-19-31(53-2)34(28)56-5)23-8-7-9-24-47(26-14-22-45-39(51)40(41,42)43)38(50)29-17-12-20-32(54-3)35(29)57-6/h10-12,15-20H,7-9,13-14,21-26H2,1-6H3,(H,44,48)(H,45,51). The van der Waals surface area contributed by atoms with Crippen LogP contribution in [0.2, 0.25) is 0 Å². The number of methoxy groups -OCH3 is 6. The van der Waals surface area contributed by atoms with Crippen LogP contribution < -0.4 is 39.1 Å². The minimum absolute atomic E-state index is 0.0466. The molecule has 0 aromatic heterocycles. The van der Waals surface area contributed by atoms with Crippen molar-refractivity contribution in [1.29, 1.82) is 0 Å². The fraction of sp³-hybridized carbons (Fsp3) is 0.450. The molecule has 0 saturated heterocycles. The maximum Gasteiger partial charge on any atom is 0.471 e. The summed E-state index contributed by atoms with van der Waals surface area (Å²) in [4.78, 5) is 55.3. The highest BCUT2D eigenvalue weighted by Gasteiger charge is 2.38. The van der Waals surface area contributed by atoms with E-state index in [0.29, 0.717) is 66.4 Å². The van der Waals surface area contributed by atoms with E-state index in [1.165, 1.54) is 47.6 Å². The zero-order valence-corrected chi connectivity index (χ0v) is 33.1. The van der Waals surface area contributed by atoms with Crippen LogP contribution in [0.4, 0.5) is 13.2 Å². The molecule has 0 heterocycles. The lowest BCUT2D eigenvalue weighted by molar-refractivity contribution is -0.173. The van der Waals surface area contributed by atoms with Gasteiger partial charge in [0.25, 0.3) is 17.7 Å². The third kappa shape index (κ3) is 12.6. The number of nitrogens with one attached hydrogen (secondary N) is 2. The summed E-state index contributed by atoms with van der Waals surface area (Å²) < 4.78 is 70.6. The number of alkyl halides is 3. The number of unbranched alkanes of at least 4 members (excludes halogenated alkanes) is 2. The van der Waals surface area contributed by atoms with Crippen molar-refractivity contribution in [2.75, 3.05) is 81.9 Å². The average Bonchev–Trinajstić information content (AvgIpc) is 3.22. The number of hydrogen-bond acceptors (Lipinski definition) is 10. The van der Waals surface area contributed by atoms with E-state index in [2.05, 4.69) is 5.32 Å².